The number of amides is 1. The summed E-state index contributed by atoms with van der Waals surface area (Å²) in [7, 11) is -2.02. The maximum atomic E-state index is 12.9. The molecular formula is C36H47NO5Si. The molecule has 230 valence electrons. The lowest BCUT2D eigenvalue weighted by atomic mass is 10.00. The number of para-hydroxylation sites is 1. The molecule has 1 N–H and O–H groups in total. The SMILES string of the molecule is CC(C)(C)[Si](C)(C)OC(CCC1CCC(=O)N1CCCc1ccc(C(=O)O)cc1)Cc1cccc(Oc2ccccc2)c1. The first-order valence-corrected chi connectivity index (χ1v) is 18.4. The average Bonchev–Trinajstić information content (AvgIpc) is 3.31. The van der Waals surface area contributed by atoms with Gasteiger partial charge in [-0.25, -0.2) is 4.79 Å². The standard InChI is InChI=1S/C36H47NO5Si/c1-36(2,3)43(4,5)42-33(26-28-11-9-15-32(25-28)41-31-13-7-6-8-14-31)22-20-30-21-23-34(38)37(30)24-10-12-27-16-18-29(19-17-27)35(39)40/h6-9,11,13-19,25,30,33H,10,12,20-24,26H2,1-5H3,(H,39,40). The molecular weight excluding hydrogens is 554 g/mol. The van der Waals surface area contributed by atoms with Crippen molar-refractivity contribution in [2.24, 2.45) is 0 Å². The minimum atomic E-state index is -2.02. The van der Waals surface area contributed by atoms with E-state index in [2.05, 4.69) is 50.9 Å². The maximum Gasteiger partial charge on any atom is 0.335 e. The molecule has 43 heavy (non-hydrogen) atoms. The molecule has 2 atom stereocenters. The molecule has 3 aromatic rings. The summed E-state index contributed by atoms with van der Waals surface area (Å²) in [6, 6.07) is 25.4. The summed E-state index contributed by atoms with van der Waals surface area (Å²) in [4.78, 5) is 26.1. The van der Waals surface area contributed by atoms with Gasteiger partial charge in [0.15, 0.2) is 8.32 Å². The van der Waals surface area contributed by atoms with Crippen molar-refractivity contribution >= 4 is 20.2 Å². The van der Waals surface area contributed by atoms with Gasteiger partial charge in [-0.2, -0.15) is 0 Å². The van der Waals surface area contributed by atoms with Crippen LogP contribution in [0.1, 0.15) is 74.4 Å². The van der Waals surface area contributed by atoms with Crippen molar-refractivity contribution in [3.8, 4) is 11.5 Å². The minimum absolute atomic E-state index is 0.0539. The molecule has 1 aliphatic rings. The monoisotopic (exact) mass is 601 g/mol. The van der Waals surface area contributed by atoms with E-state index in [1.165, 1.54) is 5.56 Å². The summed E-state index contributed by atoms with van der Waals surface area (Å²) in [5, 5.41) is 9.24. The van der Waals surface area contributed by atoms with Crippen LogP contribution in [0, 0.1) is 0 Å². The topological polar surface area (TPSA) is 76.1 Å². The number of carbonyl (C=O) groups is 2. The fourth-order valence-electron chi connectivity index (χ4n) is 5.47. The first-order chi connectivity index (χ1) is 20.4. The van der Waals surface area contributed by atoms with Gasteiger partial charge in [0.05, 0.1) is 5.56 Å². The number of hydrogen-bond donors (Lipinski definition) is 1. The largest absolute Gasteiger partial charge is 0.478 e. The van der Waals surface area contributed by atoms with Crippen LogP contribution in [-0.2, 0) is 22.1 Å². The summed E-state index contributed by atoms with van der Waals surface area (Å²) < 4.78 is 13.1. The second kappa shape index (κ2) is 14.4. The first-order valence-electron chi connectivity index (χ1n) is 15.5. The van der Waals surface area contributed by atoms with Gasteiger partial charge in [0.2, 0.25) is 5.91 Å². The van der Waals surface area contributed by atoms with Crippen molar-refractivity contribution in [1.29, 1.82) is 0 Å². The molecule has 6 nitrogen and oxygen atoms in total. The number of aromatic carboxylic acids is 1. The minimum Gasteiger partial charge on any atom is -0.478 e. The van der Waals surface area contributed by atoms with Crippen LogP contribution in [0.5, 0.6) is 11.5 Å². The molecule has 1 heterocycles. The average molecular weight is 602 g/mol. The number of ether oxygens (including phenoxy) is 1. The van der Waals surface area contributed by atoms with Crippen molar-refractivity contribution in [1.82, 2.24) is 4.90 Å². The second-order valence-electron chi connectivity index (χ2n) is 13.2. The Labute approximate surface area is 258 Å². The van der Waals surface area contributed by atoms with Gasteiger partial charge in [0, 0.05) is 25.1 Å². The quantitative estimate of drug-likeness (QED) is 0.188. The molecule has 2 unspecified atom stereocenters. The molecule has 0 spiro atoms. The highest BCUT2D eigenvalue weighted by Crippen LogP contribution is 2.38. The Balaban J connectivity index is 1.40. The number of benzene rings is 3. The predicted octanol–water partition coefficient (Wildman–Crippen LogP) is 8.51. The van der Waals surface area contributed by atoms with Crippen LogP contribution in [-0.4, -0.2) is 48.9 Å². The second-order valence-corrected chi connectivity index (χ2v) is 18.0. The third kappa shape index (κ3) is 9.28. The van der Waals surface area contributed by atoms with E-state index in [1.54, 1.807) is 12.1 Å². The number of carboxylic acid groups (broad SMARTS) is 1. The van der Waals surface area contributed by atoms with E-state index in [4.69, 9.17) is 14.3 Å². The first kappa shape index (κ1) is 32.5. The van der Waals surface area contributed by atoms with E-state index in [9.17, 15) is 9.59 Å². The summed E-state index contributed by atoms with van der Waals surface area (Å²) in [5.41, 5.74) is 2.57. The van der Waals surface area contributed by atoms with Gasteiger partial charge in [-0.15, -0.1) is 0 Å². The van der Waals surface area contributed by atoms with Gasteiger partial charge in [-0.3, -0.25) is 4.79 Å². The predicted molar refractivity (Wildman–Crippen MR) is 174 cm³/mol. The van der Waals surface area contributed by atoms with E-state index in [0.29, 0.717) is 12.0 Å². The highest BCUT2D eigenvalue weighted by atomic mass is 28.4. The van der Waals surface area contributed by atoms with Gasteiger partial charge in [-0.1, -0.05) is 63.2 Å². The van der Waals surface area contributed by atoms with Crippen LogP contribution in [0.4, 0.5) is 0 Å². The van der Waals surface area contributed by atoms with Crippen LogP contribution in [0.25, 0.3) is 0 Å². The fraction of sp³-hybridized carbons (Fsp3) is 0.444. The molecule has 0 aliphatic carbocycles. The zero-order chi connectivity index (χ0) is 31.0. The molecule has 4 rings (SSSR count). The number of carbonyl (C=O) groups excluding carboxylic acids is 1. The van der Waals surface area contributed by atoms with Crippen molar-refractivity contribution in [2.45, 2.75) is 96.0 Å². The summed E-state index contributed by atoms with van der Waals surface area (Å²) >= 11 is 0. The lowest BCUT2D eigenvalue weighted by Crippen LogP contribution is -2.45. The van der Waals surface area contributed by atoms with E-state index in [1.807, 2.05) is 54.6 Å². The molecule has 3 aromatic carbocycles. The van der Waals surface area contributed by atoms with Gasteiger partial charge in [0.25, 0.3) is 0 Å². The molecule has 1 fully saturated rings. The van der Waals surface area contributed by atoms with Crippen LogP contribution >= 0.6 is 0 Å². The van der Waals surface area contributed by atoms with Gasteiger partial charge >= 0.3 is 5.97 Å². The molecule has 7 heteroatoms. The van der Waals surface area contributed by atoms with Gasteiger partial charge in [0.1, 0.15) is 11.5 Å². The molecule has 0 bridgehead atoms. The Kier molecular flexibility index (Phi) is 10.9. The molecule has 1 aliphatic heterocycles. The lowest BCUT2D eigenvalue weighted by Gasteiger charge is -2.40. The third-order valence-corrected chi connectivity index (χ3v) is 13.5. The highest BCUT2D eigenvalue weighted by Gasteiger charge is 2.39. The number of likely N-dealkylation sites (tertiary alicyclic amines) is 1. The van der Waals surface area contributed by atoms with Crippen molar-refractivity contribution in [3.63, 3.8) is 0 Å². The van der Waals surface area contributed by atoms with Crippen molar-refractivity contribution < 1.29 is 23.9 Å². The molecule has 1 saturated heterocycles. The summed E-state index contributed by atoms with van der Waals surface area (Å²) in [5.74, 6) is 0.955. The van der Waals surface area contributed by atoms with E-state index < -0.39 is 14.3 Å². The number of hydrogen-bond acceptors (Lipinski definition) is 4. The zero-order valence-electron chi connectivity index (χ0n) is 26.3. The molecule has 0 radical (unpaired) electrons. The zero-order valence-corrected chi connectivity index (χ0v) is 27.3. The third-order valence-electron chi connectivity index (χ3n) is 8.95. The Hall–Kier alpha value is -3.42. The Morgan fingerprint density at radius 2 is 1.67 bits per heavy atom. The van der Waals surface area contributed by atoms with Gasteiger partial charge in [-0.05, 0) is 104 Å². The van der Waals surface area contributed by atoms with Gasteiger partial charge < -0.3 is 19.2 Å². The normalized spacial score (nSPS) is 16.3. The highest BCUT2D eigenvalue weighted by molar-refractivity contribution is 6.74. The number of aryl methyl sites for hydroxylation is 1. The number of nitrogens with zero attached hydrogens (tertiary/aromatic N) is 1. The maximum absolute atomic E-state index is 12.9. The number of carboxylic acids is 1. The van der Waals surface area contributed by atoms with E-state index in [0.717, 1.165) is 62.1 Å². The molecule has 1 amide bonds. The Morgan fingerprint density at radius 1 is 0.977 bits per heavy atom. The fourth-order valence-corrected chi connectivity index (χ4v) is 6.85. The number of rotatable bonds is 14. The summed E-state index contributed by atoms with van der Waals surface area (Å²) in [6.45, 7) is 12.2. The smallest absolute Gasteiger partial charge is 0.335 e. The molecule has 0 aromatic heterocycles. The van der Waals surface area contributed by atoms with E-state index in [-0.39, 0.29) is 23.1 Å². The molecule has 0 saturated carbocycles. The Morgan fingerprint density at radius 3 is 2.35 bits per heavy atom. The van der Waals surface area contributed by atoms with Crippen molar-refractivity contribution in [2.75, 3.05) is 6.54 Å². The van der Waals surface area contributed by atoms with E-state index >= 15 is 0 Å². The lowest BCUT2D eigenvalue weighted by molar-refractivity contribution is -0.129. The Bertz CT molecular complexity index is 1350. The van der Waals surface area contributed by atoms with Crippen molar-refractivity contribution in [3.05, 3.63) is 95.6 Å². The van der Waals surface area contributed by atoms with Crippen LogP contribution in [0.15, 0.2) is 78.9 Å². The van der Waals surface area contributed by atoms with Crippen LogP contribution < -0.4 is 4.74 Å². The summed E-state index contributed by atoms with van der Waals surface area (Å²) in [6.07, 6.45) is 5.81. The van der Waals surface area contributed by atoms with Crippen LogP contribution in [0.2, 0.25) is 18.1 Å². The van der Waals surface area contributed by atoms with Crippen LogP contribution in [0.3, 0.4) is 0 Å².